The zero-order valence-electron chi connectivity index (χ0n) is 17.4. The van der Waals surface area contributed by atoms with E-state index in [1.165, 1.54) is 24.6 Å². The lowest BCUT2D eigenvalue weighted by Gasteiger charge is -2.53. The number of pyridine rings is 1. The average Bonchev–Trinajstić information content (AvgIpc) is 2.78. The highest BCUT2D eigenvalue weighted by Gasteiger charge is 2.43. The number of hydrogen-bond acceptors (Lipinski definition) is 4. The highest BCUT2D eigenvalue weighted by atomic mass is 35.5. The van der Waals surface area contributed by atoms with Crippen LogP contribution in [0.3, 0.4) is 0 Å². The third kappa shape index (κ3) is 4.34. The molecule has 1 aromatic heterocycles. The molecule has 0 aliphatic carbocycles. The van der Waals surface area contributed by atoms with E-state index in [1.54, 1.807) is 10.8 Å². The van der Waals surface area contributed by atoms with Gasteiger partial charge in [-0.25, -0.2) is 0 Å². The first kappa shape index (κ1) is 20.2. The van der Waals surface area contributed by atoms with Gasteiger partial charge in [-0.15, -0.1) is 0 Å². The molecule has 6 heteroatoms. The molecule has 0 saturated carbocycles. The fraction of sp³-hybridized carbons (Fsp3) is 0.320. The second-order valence-corrected chi connectivity index (χ2v) is 9.04. The van der Waals surface area contributed by atoms with E-state index in [2.05, 4.69) is 22.3 Å². The fourth-order valence-electron chi connectivity index (χ4n) is 4.55. The standard InChI is InChI=1S/C25H26ClN3O2/c26-20-3-1-19(2-4-20)16-31-23-9-14-29(24(30)15-23)22-7-5-21(6-8-22)28-17-25(18-28)10-12-27-13-11-25/h1-9,14-15,27H,10-13,16-18H2. The van der Waals surface area contributed by atoms with Crippen LogP contribution >= 0.6 is 11.6 Å². The van der Waals surface area contributed by atoms with Crippen LogP contribution in [-0.2, 0) is 6.61 Å². The van der Waals surface area contributed by atoms with E-state index in [0.717, 1.165) is 37.4 Å². The highest BCUT2D eigenvalue weighted by Crippen LogP contribution is 2.41. The van der Waals surface area contributed by atoms with Gasteiger partial charge in [-0.3, -0.25) is 9.36 Å². The summed E-state index contributed by atoms with van der Waals surface area (Å²) in [6.45, 7) is 4.92. The predicted molar refractivity (Wildman–Crippen MR) is 125 cm³/mol. The van der Waals surface area contributed by atoms with E-state index in [1.807, 2.05) is 42.5 Å². The van der Waals surface area contributed by atoms with Gasteiger partial charge in [0.1, 0.15) is 12.4 Å². The molecule has 31 heavy (non-hydrogen) atoms. The van der Waals surface area contributed by atoms with Gasteiger partial charge in [-0.05, 0) is 74.0 Å². The average molecular weight is 436 g/mol. The summed E-state index contributed by atoms with van der Waals surface area (Å²) in [5.41, 5.74) is 3.47. The van der Waals surface area contributed by atoms with Crippen LogP contribution in [0.5, 0.6) is 5.75 Å². The Balaban J connectivity index is 1.23. The maximum Gasteiger partial charge on any atom is 0.258 e. The molecule has 5 nitrogen and oxygen atoms in total. The number of rotatable bonds is 5. The first-order valence-corrected chi connectivity index (χ1v) is 11.1. The number of anilines is 1. The number of piperidine rings is 1. The van der Waals surface area contributed by atoms with Crippen LogP contribution in [-0.4, -0.2) is 30.7 Å². The Labute approximate surface area is 187 Å². The van der Waals surface area contributed by atoms with Crippen molar-refractivity contribution in [2.75, 3.05) is 31.1 Å². The Kier molecular flexibility index (Phi) is 5.47. The van der Waals surface area contributed by atoms with Crippen molar-refractivity contribution >= 4 is 17.3 Å². The molecule has 5 rings (SSSR count). The lowest BCUT2D eigenvalue weighted by molar-refractivity contribution is 0.150. The van der Waals surface area contributed by atoms with Gasteiger partial charge >= 0.3 is 0 Å². The fourth-order valence-corrected chi connectivity index (χ4v) is 4.68. The number of ether oxygens (including phenoxy) is 1. The van der Waals surface area contributed by atoms with Gasteiger partial charge in [0, 0.05) is 47.2 Å². The van der Waals surface area contributed by atoms with E-state index in [0.29, 0.717) is 22.8 Å². The summed E-state index contributed by atoms with van der Waals surface area (Å²) in [5.74, 6) is 0.556. The zero-order valence-corrected chi connectivity index (χ0v) is 18.1. The molecule has 2 aromatic carbocycles. The number of hydrogen-bond donors (Lipinski definition) is 1. The molecule has 2 fully saturated rings. The minimum absolute atomic E-state index is 0.112. The molecule has 0 unspecified atom stereocenters. The lowest BCUT2D eigenvalue weighted by Crippen LogP contribution is -2.60. The van der Waals surface area contributed by atoms with Crippen molar-refractivity contribution in [2.24, 2.45) is 5.41 Å². The van der Waals surface area contributed by atoms with Gasteiger partial charge in [0.2, 0.25) is 0 Å². The maximum atomic E-state index is 12.6. The summed E-state index contributed by atoms with van der Waals surface area (Å²) >= 11 is 5.91. The van der Waals surface area contributed by atoms with E-state index in [4.69, 9.17) is 16.3 Å². The van der Waals surface area contributed by atoms with Crippen LogP contribution < -0.4 is 20.5 Å². The third-order valence-electron chi connectivity index (χ3n) is 6.42. The molecule has 0 amide bonds. The van der Waals surface area contributed by atoms with Gasteiger partial charge in [0.05, 0.1) is 0 Å². The van der Waals surface area contributed by atoms with Crippen molar-refractivity contribution in [3.63, 3.8) is 0 Å². The Morgan fingerprint density at radius 1 is 0.935 bits per heavy atom. The minimum atomic E-state index is -0.112. The van der Waals surface area contributed by atoms with Crippen LogP contribution in [0.2, 0.25) is 5.02 Å². The topological polar surface area (TPSA) is 46.5 Å². The Morgan fingerprint density at radius 3 is 2.29 bits per heavy atom. The molecule has 2 aliphatic rings. The molecular formula is C25H26ClN3O2. The first-order valence-electron chi connectivity index (χ1n) is 10.8. The number of aromatic nitrogens is 1. The van der Waals surface area contributed by atoms with Crippen molar-refractivity contribution < 1.29 is 4.74 Å². The summed E-state index contributed by atoms with van der Waals surface area (Å²) in [7, 11) is 0. The molecular weight excluding hydrogens is 410 g/mol. The van der Waals surface area contributed by atoms with Crippen molar-refractivity contribution in [1.82, 2.24) is 9.88 Å². The first-order chi connectivity index (χ1) is 15.1. The third-order valence-corrected chi connectivity index (χ3v) is 6.67. The highest BCUT2D eigenvalue weighted by molar-refractivity contribution is 6.30. The second kappa shape index (κ2) is 8.40. The van der Waals surface area contributed by atoms with Gasteiger partial charge < -0.3 is 15.0 Å². The van der Waals surface area contributed by atoms with Gasteiger partial charge in [-0.2, -0.15) is 0 Å². The monoisotopic (exact) mass is 435 g/mol. The van der Waals surface area contributed by atoms with E-state index >= 15 is 0 Å². The molecule has 160 valence electrons. The van der Waals surface area contributed by atoms with Crippen molar-refractivity contribution in [2.45, 2.75) is 19.4 Å². The van der Waals surface area contributed by atoms with Crippen molar-refractivity contribution in [3.05, 3.63) is 87.8 Å². The molecule has 1 N–H and O–H groups in total. The Bertz CT molecular complexity index is 1090. The number of halogens is 1. The summed E-state index contributed by atoms with van der Waals surface area (Å²) in [5, 5.41) is 4.14. The van der Waals surface area contributed by atoms with E-state index in [-0.39, 0.29) is 5.56 Å². The minimum Gasteiger partial charge on any atom is -0.489 e. The van der Waals surface area contributed by atoms with Crippen molar-refractivity contribution in [1.29, 1.82) is 0 Å². The molecule has 0 atom stereocenters. The molecule has 3 heterocycles. The summed E-state index contributed by atoms with van der Waals surface area (Å²) in [4.78, 5) is 15.1. The van der Waals surface area contributed by atoms with Crippen LogP contribution in [0, 0.1) is 5.41 Å². The van der Waals surface area contributed by atoms with E-state index < -0.39 is 0 Å². The Hall–Kier alpha value is -2.76. The quantitative estimate of drug-likeness (QED) is 0.650. The zero-order chi connectivity index (χ0) is 21.3. The smallest absolute Gasteiger partial charge is 0.258 e. The normalized spacial score (nSPS) is 17.4. The maximum absolute atomic E-state index is 12.6. The largest absolute Gasteiger partial charge is 0.489 e. The molecule has 2 saturated heterocycles. The van der Waals surface area contributed by atoms with Crippen LogP contribution in [0.1, 0.15) is 18.4 Å². The second-order valence-electron chi connectivity index (χ2n) is 8.61. The number of benzene rings is 2. The lowest BCUT2D eigenvalue weighted by atomic mass is 9.72. The summed E-state index contributed by atoms with van der Waals surface area (Å²) < 4.78 is 7.41. The number of nitrogens with one attached hydrogen (secondary N) is 1. The molecule has 0 bridgehead atoms. The molecule has 2 aliphatic heterocycles. The molecule has 1 spiro atoms. The Morgan fingerprint density at radius 2 is 1.61 bits per heavy atom. The van der Waals surface area contributed by atoms with Crippen molar-refractivity contribution in [3.8, 4) is 11.4 Å². The van der Waals surface area contributed by atoms with E-state index in [9.17, 15) is 4.79 Å². The summed E-state index contributed by atoms with van der Waals surface area (Å²) in [6.07, 6.45) is 4.30. The number of nitrogens with zero attached hydrogens (tertiary/aromatic N) is 2. The predicted octanol–water partition coefficient (Wildman–Crippen LogP) is 4.26. The SMILES string of the molecule is O=c1cc(OCc2ccc(Cl)cc2)ccn1-c1ccc(N2CC3(CCNCC3)C2)cc1. The van der Waals surface area contributed by atoms with Gasteiger partial charge in [0.15, 0.2) is 0 Å². The molecule has 3 aromatic rings. The summed E-state index contributed by atoms with van der Waals surface area (Å²) in [6, 6.07) is 19.1. The van der Waals surface area contributed by atoms with Crippen LogP contribution in [0.25, 0.3) is 5.69 Å². The van der Waals surface area contributed by atoms with Gasteiger partial charge in [-0.1, -0.05) is 23.7 Å². The van der Waals surface area contributed by atoms with Crippen LogP contribution in [0.4, 0.5) is 5.69 Å². The molecule has 0 radical (unpaired) electrons. The van der Waals surface area contributed by atoms with Gasteiger partial charge in [0.25, 0.3) is 5.56 Å². The van der Waals surface area contributed by atoms with Crippen LogP contribution in [0.15, 0.2) is 71.7 Å².